The smallest absolute Gasteiger partial charge is 0.407 e. The minimum absolute atomic E-state index is 0.0277. The number of halogens is 4. The molecular weight excluding hydrogens is 742 g/mol. The number of carbonyl (C=O) groups is 3. The molecule has 1 aliphatic heterocycles. The maximum absolute atomic E-state index is 14.4. The summed E-state index contributed by atoms with van der Waals surface area (Å²) in [6.45, 7) is 0.0224. The Morgan fingerprint density at radius 1 is 0.827 bits per heavy atom. The van der Waals surface area contributed by atoms with Gasteiger partial charge in [-0.05, 0) is 69.8 Å². The minimum atomic E-state index is -1.07. The van der Waals surface area contributed by atoms with Gasteiger partial charge in [0.05, 0.1) is 32.1 Å². The van der Waals surface area contributed by atoms with Gasteiger partial charge in [-0.1, -0.05) is 107 Å². The van der Waals surface area contributed by atoms with Crippen LogP contribution in [0.4, 0.5) is 4.79 Å². The molecule has 0 spiro atoms. The van der Waals surface area contributed by atoms with Crippen LogP contribution in [0.3, 0.4) is 0 Å². The lowest BCUT2D eigenvalue weighted by molar-refractivity contribution is -0.133. The fraction of sp³-hybridized carbons (Fsp3) is 0.150. The summed E-state index contributed by atoms with van der Waals surface area (Å²) in [5.41, 5.74) is 6.84. The van der Waals surface area contributed by atoms with Crippen LogP contribution >= 0.6 is 46.4 Å². The molecule has 0 bridgehead atoms. The minimum Gasteiger partial charge on any atom is -0.449 e. The lowest BCUT2D eigenvalue weighted by Gasteiger charge is -2.33. The van der Waals surface area contributed by atoms with E-state index in [9.17, 15) is 14.4 Å². The number of likely N-dealkylation sites (tertiary alicyclic amines) is 1. The molecule has 262 valence electrons. The average molecular weight is 773 g/mol. The lowest BCUT2D eigenvalue weighted by atomic mass is 9.93. The molecule has 1 unspecified atom stereocenters. The molecule has 1 fully saturated rings. The Morgan fingerprint density at radius 2 is 1.38 bits per heavy atom. The average Bonchev–Trinajstić information content (AvgIpc) is 3.77. The summed E-state index contributed by atoms with van der Waals surface area (Å²) in [5, 5.41) is 4.19. The maximum atomic E-state index is 14.4. The van der Waals surface area contributed by atoms with E-state index < -0.39 is 18.0 Å². The molecule has 12 heteroatoms. The molecule has 4 aromatic carbocycles. The normalized spacial score (nSPS) is 16.2. The predicted molar refractivity (Wildman–Crippen MR) is 205 cm³/mol. The van der Waals surface area contributed by atoms with Crippen molar-refractivity contribution in [2.45, 2.75) is 18.4 Å². The fourth-order valence-electron chi connectivity index (χ4n) is 6.62. The van der Waals surface area contributed by atoms with Gasteiger partial charge in [-0.3, -0.25) is 9.59 Å². The van der Waals surface area contributed by atoms with Gasteiger partial charge < -0.3 is 19.9 Å². The Bertz CT molecular complexity index is 2130. The van der Waals surface area contributed by atoms with Crippen LogP contribution in [0.1, 0.15) is 33.9 Å². The summed E-state index contributed by atoms with van der Waals surface area (Å²) >= 11 is 24.8. The zero-order valence-electron chi connectivity index (χ0n) is 27.4. The third-order valence-corrected chi connectivity index (χ3v) is 10.6. The first-order valence-electron chi connectivity index (χ1n) is 16.4. The highest BCUT2D eigenvalue weighted by molar-refractivity contribution is 6.42. The van der Waals surface area contributed by atoms with Gasteiger partial charge >= 0.3 is 6.09 Å². The molecule has 2 amide bonds. The number of Topliss-reactive ketones (excluding diaryl/α,β-unsaturated/α-hetero) is 1. The summed E-state index contributed by atoms with van der Waals surface area (Å²) in [7, 11) is 0. The number of nitrogens with one attached hydrogen (secondary N) is 2. The van der Waals surface area contributed by atoms with Crippen LogP contribution in [-0.2, 0) is 20.7 Å². The number of hydrogen-bond acceptors (Lipinski definition) is 5. The predicted octanol–water partition coefficient (Wildman–Crippen LogP) is 9.05. The highest BCUT2D eigenvalue weighted by Crippen LogP contribution is 2.44. The summed E-state index contributed by atoms with van der Waals surface area (Å²) in [6.07, 6.45) is 5.84. The van der Waals surface area contributed by atoms with Gasteiger partial charge in [-0.25, -0.2) is 9.78 Å². The first kappa shape index (κ1) is 35.5. The summed E-state index contributed by atoms with van der Waals surface area (Å²) < 4.78 is 5.81. The molecule has 0 saturated carbocycles. The molecule has 52 heavy (non-hydrogen) atoms. The van der Waals surface area contributed by atoms with E-state index in [0.717, 1.165) is 22.3 Å². The van der Waals surface area contributed by atoms with Crippen LogP contribution in [0, 0.1) is 0 Å². The van der Waals surface area contributed by atoms with Crippen LogP contribution in [0.2, 0.25) is 20.1 Å². The van der Waals surface area contributed by atoms with Crippen molar-refractivity contribution in [2.75, 3.05) is 19.7 Å². The van der Waals surface area contributed by atoms with Gasteiger partial charge in [0, 0.05) is 42.8 Å². The van der Waals surface area contributed by atoms with E-state index >= 15 is 0 Å². The Kier molecular flexibility index (Phi) is 10.5. The number of aromatic nitrogens is 2. The number of alkyl carbamates (subject to hydrolysis) is 1. The number of rotatable bonds is 8. The van der Waals surface area contributed by atoms with Crippen molar-refractivity contribution in [2.24, 2.45) is 0 Å². The highest BCUT2D eigenvalue weighted by atomic mass is 35.5. The maximum Gasteiger partial charge on any atom is 0.407 e. The first-order valence-corrected chi connectivity index (χ1v) is 17.9. The third kappa shape index (κ3) is 7.66. The molecular formula is C40H30Cl4N4O4. The van der Waals surface area contributed by atoms with Gasteiger partial charge in [0.15, 0.2) is 5.78 Å². The lowest BCUT2D eigenvalue weighted by Crippen LogP contribution is -2.53. The number of fused-ring (bicyclic) bond motifs is 3. The molecule has 1 saturated heterocycles. The third-order valence-electron chi connectivity index (χ3n) is 9.09. The zero-order chi connectivity index (χ0) is 36.4. The number of H-pyrrole nitrogens is 1. The monoisotopic (exact) mass is 770 g/mol. The van der Waals surface area contributed by atoms with Crippen LogP contribution < -0.4 is 5.32 Å². The molecule has 0 radical (unpaired) electrons. The van der Waals surface area contributed by atoms with Crippen LogP contribution in [0.25, 0.3) is 23.3 Å². The number of piperidine rings is 1. The van der Waals surface area contributed by atoms with Gasteiger partial charge in [-0.2, -0.15) is 0 Å². The molecule has 2 aliphatic rings. The Balaban J connectivity index is 1.16. The summed E-state index contributed by atoms with van der Waals surface area (Å²) in [5.74, 6) is -0.839. The van der Waals surface area contributed by atoms with Crippen molar-refractivity contribution in [1.29, 1.82) is 0 Å². The molecule has 7 rings (SSSR count). The van der Waals surface area contributed by atoms with Crippen LogP contribution in [0.5, 0.6) is 0 Å². The van der Waals surface area contributed by atoms with Crippen molar-refractivity contribution < 1.29 is 19.1 Å². The Morgan fingerprint density at radius 3 is 1.90 bits per heavy atom. The molecule has 8 nitrogen and oxygen atoms in total. The van der Waals surface area contributed by atoms with Crippen molar-refractivity contribution in [3.63, 3.8) is 0 Å². The van der Waals surface area contributed by atoms with Crippen LogP contribution in [0.15, 0.2) is 109 Å². The molecule has 1 aromatic heterocycles. The van der Waals surface area contributed by atoms with Crippen molar-refractivity contribution in [3.05, 3.63) is 157 Å². The van der Waals surface area contributed by atoms with E-state index in [-0.39, 0.29) is 37.8 Å². The number of benzene rings is 4. The number of amides is 2. The second-order valence-electron chi connectivity index (χ2n) is 12.5. The van der Waals surface area contributed by atoms with E-state index in [0.29, 0.717) is 48.1 Å². The number of ketones is 1. The molecule has 1 aliphatic carbocycles. The zero-order valence-corrected chi connectivity index (χ0v) is 30.4. The SMILES string of the molecule is O=C(NC(Cc1c[nH]cn1)C(=O)N1C/C(=C\c2ccc(Cl)c(Cl)c2)C(=O)/C(=C/c2ccc(Cl)c(Cl)c2)C1)OCC1c2ccccc2-c2ccccc21. The second-order valence-corrected chi connectivity index (χ2v) is 14.1. The number of aromatic amines is 1. The van der Waals surface area contributed by atoms with Crippen LogP contribution in [-0.4, -0.2) is 58.4 Å². The molecule has 2 N–H and O–H groups in total. The number of ether oxygens (including phenoxy) is 1. The first-order chi connectivity index (χ1) is 25.1. The van der Waals surface area contributed by atoms with Crippen molar-refractivity contribution in [3.8, 4) is 11.1 Å². The summed E-state index contributed by atoms with van der Waals surface area (Å²) in [4.78, 5) is 50.5. The fourth-order valence-corrected chi connectivity index (χ4v) is 7.23. The van der Waals surface area contributed by atoms with E-state index in [1.54, 1.807) is 54.7 Å². The molecule has 2 heterocycles. The van der Waals surface area contributed by atoms with Gasteiger partial charge in [0.1, 0.15) is 12.6 Å². The van der Waals surface area contributed by atoms with Crippen molar-refractivity contribution in [1.82, 2.24) is 20.2 Å². The number of carbonyl (C=O) groups excluding carboxylic acids is 3. The standard InChI is InChI=1S/C40H30Cl4N4O4/c41-33-11-9-23(15-35(33)43)13-25-19-48(20-26(38(25)49)14-24-10-12-34(42)36(44)16-24)39(50)37(17-27-18-45-22-46-27)47-40(51)52-21-32-30-7-3-1-5-28(30)29-6-2-4-8-31(29)32/h1-16,18,22,32,37H,17,19-21H2,(H,45,46)(H,47,51)/b25-13+,26-14+. The number of imidazole rings is 1. The Hall–Kier alpha value is -4.86. The second kappa shape index (κ2) is 15.4. The number of hydrogen-bond donors (Lipinski definition) is 2. The van der Waals surface area contributed by atoms with E-state index in [1.807, 2.05) is 36.4 Å². The summed E-state index contributed by atoms with van der Waals surface area (Å²) in [6, 6.07) is 25.1. The van der Waals surface area contributed by atoms with Crippen molar-refractivity contribution >= 4 is 76.3 Å². The Labute approximate surface area is 320 Å². The van der Waals surface area contributed by atoms with Gasteiger partial charge in [0.25, 0.3) is 0 Å². The topological polar surface area (TPSA) is 104 Å². The largest absolute Gasteiger partial charge is 0.449 e. The van der Waals surface area contributed by atoms with E-state index in [2.05, 4.69) is 27.4 Å². The number of nitrogens with zero attached hydrogens (tertiary/aromatic N) is 2. The molecule has 1 atom stereocenters. The highest BCUT2D eigenvalue weighted by Gasteiger charge is 2.35. The van der Waals surface area contributed by atoms with E-state index in [1.165, 1.54) is 11.2 Å². The van der Waals surface area contributed by atoms with E-state index in [4.69, 9.17) is 51.1 Å². The van der Waals surface area contributed by atoms with Gasteiger partial charge in [0.2, 0.25) is 5.91 Å². The van der Waals surface area contributed by atoms with Gasteiger partial charge in [-0.15, -0.1) is 0 Å². The molecule has 5 aromatic rings. The quantitative estimate of drug-likeness (QED) is 0.153.